The van der Waals surface area contributed by atoms with Gasteiger partial charge in [0.1, 0.15) is 11.5 Å². The van der Waals surface area contributed by atoms with Crippen LogP contribution in [0.25, 0.3) is 11.0 Å². The average molecular weight is 361 g/mol. The predicted octanol–water partition coefficient (Wildman–Crippen LogP) is 4.31. The van der Waals surface area contributed by atoms with Crippen molar-refractivity contribution in [2.24, 2.45) is 0 Å². The Balaban J connectivity index is 1.50. The fourth-order valence-corrected chi connectivity index (χ4v) is 3.08. The molecule has 5 nitrogen and oxygen atoms in total. The molecule has 0 radical (unpaired) electrons. The topological polar surface area (TPSA) is 66.5 Å². The van der Waals surface area contributed by atoms with E-state index in [0.717, 1.165) is 33.4 Å². The monoisotopic (exact) mass is 361 g/mol. The molecule has 0 amide bonds. The number of pyridine rings is 3. The minimum Gasteiger partial charge on any atom is -0.364 e. The number of rotatable bonds is 5. The normalized spacial score (nSPS) is 11.1. The molecule has 4 aromatic heterocycles. The summed E-state index contributed by atoms with van der Waals surface area (Å²) in [5.74, 6) is 0.0307. The molecular weight excluding hydrogens is 341 g/mol. The number of H-pyrrole nitrogens is 1. The van der Waals surface area contributed by atoms with E-state index in [4.69, 9.17) is 0 Å². The number of hydrogen-bond donors (Lipinski definition) is 2. The maximum atomic E-state index is 14.5. The summed E-state index contributed by atoms with van der Waals surface area (Å²) in [7, 11) is 0. The Morgan fingerprint density at radius 3 is 2.74 bits per heavy atom. The van der Waals surface area contributed by atoms with Gasteiger partial charge in [-0.05, 0) is 54.8 Å². The molecule has 136 valence electrons. The van der Waals surface area contributed by atoms with Crippen molar-refractivity contribution in [1.82, 2.24) is 19.9 Å². The number of nitrogens with one attached hydrogen (secondary N) is 2. The lowest BCUT2D eigenvalue weighted by molar-refractivity contribution is 0.571. The minimum atomic E-state index is -0.466. The first-order valence-corrected chi connectivity index (χ1v) is 8.82. The van der Waals surface area contributed by atoms with Gasteiger partial charge in [0, 0.05) is 36.0 Å². The molecular formula is C21H20FN5. The third-order valence-electron chi connectivity index (χ3n) is 4.48. The van der Waals surface area contributed by atoms with Crippen LogP contribution >= 0.6 is 0 Å². The maximum absolute atomic E-state index is 14.5. The van der Waals surface area contributed by atoms with Crippen molar-refractivity contribution >= 4 is 16.9 Å². The highest BCUT2D eigenvalue weighted by Crippen LogP contribution is 2.22. The van der Waals surface area contributed by atoms with Gasteiger partial charge in [0.2, 0.25) is 5.95 Å². The Morgan fingerprint density at radius 1 is 1.04 bits per heavy atom. The van der Waals surface area contributed by atoms with Crippen molar-refractivity contribution in [3.05, 3.63) is 82.8 Å². The van der Waals surface area contributed by atoms with Crippen LogP contribution in [0.5, 0.6) is 0 Å². The first-order chi connectivity index (χ1) is 13.1. The van der Waals surface area contributed by atoms with Crippen molar-refractivity contribution in [2.45, 2.75) is 26.8 Å². The van der Waals surface area contributed by atoms with E-state index in [0.29, 0.717) is 24.3 Å². The molecule has 0 aliphatic heterocycles. The molecule has 0 aromatic carbocycles. The molecule has 4 heterocycles. The fraction of sp³-hybridized carbons (Fsp3) is 0.190. The van der Waals surface area contributed by atoms with E-state index in [1.807, 2.05) is 38.4 Å². The van der Waals surface area contributed by atoms with Crippen molar-refractivity contribution in [3.63, 3.8) is 0 Å². The van der Waals surface area contributed by atoms with E-state index in [9.17, 15) is 4.39 Å². The van der Waals surface area contributed by atoms with E-state index < -0.39 is 5.95 Å². The smallest absolute Gasteiger partial charge is 0.218 e. The second kappa shape index (κ2) is 7.15. The molecule has 0 aliphatic rings. The Hall–Kier alpha value is -3.28. The zero-order valence-corrected chi connectivity index (χ0v) is 15.3. The number of fused-ring (bicyclic) bond motifs is 1. The summed E-state index contributed by atoms with van der Waals surface area (Å²) < 4.78 is 14.5. The Bertz CT molecular complexity index is 1100. The van der Waals surface area contributed by atoms with Crippen LogP contribution in [0, 0.1) is 19.8 Å². The standard InChI is InChI=1S/C21H20FN5/c1-13-5-6-23-17(7-13)12-24-19-4-3-15(20(22)27-19)9-16-11-26-21-18(16)8-14(2)10-25-21/h3-8,10-11H,9,12H2,1-2H3,(H,24,27)(H,25,26). The van der Waals surface area contributed by atoms with Crippen molar-refractivity contribution in [2.75, 3.05) is 5.32 Å². The quantitative estimate of drug-likeness (QED) is 0.520. The van der Waals surface area contributed by atoms with Gasteiger partial charge in [0.15, 0.2) is 0 Å². The molecule has 0 aliphatic carbocycles. The van der Waals surface area contributed by atoms with Gasteiger partial charge in [-0.2, -0.15) is 4.39 Å². The number of nitrogens with zero attached hydrogens (tertiary/aromatic N) is 3. The molecule has 27 heavy (non-hydrogen) atoms. The highest BCUT2D eigenvalue weighted by molar-refractivity contribution is 5.80. The summed E-state index contributed by atoms with van der Waals surface area (Å²) in [6, 6.07) is 9.57. The van der Waals surface area contributed by atoms with Gasteiger partial charge >= 0.3 is 0 Å². The molecule has 0 atom stereocenters. The van der Waals surface area contributed by atoms with E-state index >= 15 is 0 Å². The van der Waals surface area contributed by atoms with Gasteiger partial charge in [0.25, 0.3) is 0 Å². The van der Waals surface area contributed by atoms with Crippen LogP contribution < -0.4 is 5.32 Å². The van der Waals surface area contributed by atoms with Crippen LogP contribution in [0.4, 0.5) is 10.2 Å². The van der Waals surface area contributed by atoms with Crippen molar-refractivity contribution in [1.29, 1.82) is 0 Å². The predicted molar refractivity (Wildman–Crippen MR) is 104 cm³/mol. The van der Waals surface area contributed by atoms with Gasteiger partial charge in [0.05, 0.1) is 12.2 Å². The van der Waals surface area contributed by atoms with E-state index in [-0.39, 0.29) is 0 Å². The average Bonchev–Trinajstić information content (AvgIpc) is 3.04. The van der Waals surface area contributed by atoms with Crippen molar-refractivity contribution in [3.8, 4) is 0 Å². The summed E-state index contributed by atoms with van der Waals surface area (Å²) >= 11 is 0. The SMILES string of the molecule is Cc1ccnc(CNc2ccc(Cc3c[nH]c4ncc(C)cc34)c(F)n2)c1. The highest BCUT2D eigenvalue weighted by atomic mass is 19.1. The molecule has 0 bridgehead atoms. The molecule has 6 heteroatoms. The highest BCUT2D eigenvalue weighted by Gasteiger charge is 2.11. The first kappa shape index (κ1) is 17.1. The van der Waals surface area contributed by atoms with Gasteiger partial charge in [-0.1, -0.05) is 6.07 Å². The Morgan fingerprint density at radius 2 is 1.93 bits per heavy atom. The summed E-state index contributed by atoms with van der Waals surface area (Å²) in [6.07, 6.45) is 5.92. The third-order valence-corrected chi connectivity index (χ3v) is 4.48. The van der Waals surface area contributed by atoms with Crippen LogP contribution in [0.1, 0.15) is 27.9 Å². The number of aromatic amines is 1. The van der Waals surface area contributed by atoms with Gasteiger partial charge in [-0.15, -0.1) is 0 Å². The molecule has 0 saturated carbocycles. The second-order valence-corrected chi connectivity index (χ2v) is 6.72. The van der Waals surface area contributed by atoms with Crippen molar-refractivity contribution < 1.29 is 4.39 Å². The van der Waals surface area contributed by atoms with Crippen LogP contribution in [0.2, 0.25) is 0 Å². The maximum Gasteiger partial charge on any atom is 0.218 e. The largest absolute Gasteiger partial charge is 0.364 e. The molecule has 0 spiro atoms. The number of halogens is 1. The number of aromatic nitrogens is 4. The molecule has 0 saturated heterocycles. The lowest BCUT2D eigenvalue weighted by Gasteiger charge is -2.08. The van der Waals surface area contributed by atoms with E-state index in [1.165, 1.54) is 0 Å². The summed E-state index contributed by atoms with van der Waals surface area (Å²) in [5, 5.41) is 4.14. The Kier molecular flexibility index (Phi) is 4.54. The minimum absolute atomic E-state index is 0.462. The Labute approximate surface area is 156 Å². The van der Waals surface area contributed by atoms with Crippen LogP contribution in [-0.4, -0.2) is 19.9 Å². The molecule has 4 rings (SSSR count). The van der Waals surface area contributed by atoms with Crippen LogP contribution in [0.3, 0.4) is 0 Å². The molecule has 2 N–H and O–H groups in total. The second-order valence-electron chi connectivity index (χ2n) is 6.72. The first-order valence-electron chi connectivity index (χ1n) is 8.82. The van der Waals surface area contributed by atoms with Crippen LogP contribution in [-0.2, 0) is 13.0 Å². The lowest BCUT2D eigenvalue weighted by Crippen LogP contribution is -2.05. The summed E-state index contributed by atoms with van der Waals surface area (Å²) in [6.45, 7) is 4.51. The van der Waals surface area contributed by atoms with Gasteiger partial charge in [-0.25, -0.2) is 9.97 Å². The van der Waals surface area contributed by atoms with Gasteiger partial charge < -0.3 is 10.3 Å². The number of anilines is 1. The third kappa shape index (κ3) is 3.79. The summed E-state index contributed by atoms with van der Waals surface area (Å²) in [5.41, 5.74) is 5.48. The zero-order chi connectivity index (χ0) is 18.8. The van der Waals surface area contributed by atoms with E-state index in [2.05, 4.69) is 31.3 Å². The number of aryl methyl sites for hydroxylation is 2. The van der Waals surface area contributed by atoms with Crippen LogP contribution in [0.15, 0.2) is 48.9 Å². The molecule has 0 unspecified atom stereocenters. The molecule has 4 aromatic rings. The number of hydrogen-bond acceptors (Lipinski definition) is 4. The summed E-state index contributed by atoms with van der Waals surface area (Å²) in [4.78, 5) is 15.8. The lowest BCUT2D eigenvalue weighted by atomic mass is 10.1. The fourth-order valence-electron chi connectivity index (χ4n) is 3.08. The van der Waals surface area contributed by atoms with E-state index in [1.54, 1.807) is 18.3 Å². The zero-order valence-electron chi connectivity index (χ0n) is 15.3. The van der Waals surface area contributed by atoms with Gasteiger partial charge in [-0.3, -0.25) is 4.98 Å². The molecule has 0 fully saturated rings.